The third kappa shape index (κ3) is 2.98. The van der Waals surface area contributed by atoms with E-state index in [1.54, 1.807) is 25.9 Å². The molecule has 0 radical (unpaired) electrons. The normalized spacial score (nSPS) is 16.9. The average Bonchev–Trinajstić information content (AvgIpc) is 2.75. The van der Waals surface area contributed by atoms with Gasteiger partial charge in [-0.25, -0.2) is 4.79 Å². The molecule has 2 amide bonds. The Balaban J connectivity index is 1.82. The molecule has 0 aliphatic carbocycles. The minimum Gasteiger partial charge on any atom is -0.338 e. The van der Waals surface area contributed by atoms with Gasteiger partial charge in [-0.05, 0) is 6.92 Å². The average molecular weight is 253 g/mol. The molecule has 2 rings (SSSR count). The predicted molar refractivity (Wildman–Crippen MR) is 65.0 cm³/mol. The molecule has 0 N–H and O–H groups in total. The molecule has 1 aliphatic heterocycles. The molecule has 1 aromatic heterocycles. The molecule has 7 nitrogen and oxygen atoms in total. The summed E-state index contributed by atoms with van der Waals surface area (Å²) in [5, 5.41) is 3.76. The maximum absolute atomic E-state index is 11.8. The summed E-state index contributed by atoms with van der Waals surface area (Å²) in [6.45, 7) is 5.61. The molecule has 7 heteroatoms. The zero-order valence-corrected chi connectivity index (χ0v) is 11.1. The van der Waals surface area contributed by atoms with E-state index in [0.717, 1.165) is 26.2 Å². The second kappa shape index (κ2) is 5.34. The molecule has 0 unspecified atom stereocenters. The van der Waals surface area contributed by atoms with Crippen LogP contribution in [0.1, 0.15) is 11.7 Å². The summed E-state index contributed by atoms with van der Waals surface area (Å²) in [6, 6.07) is 0.0725. The fourth-order valence-corrected chi connectivity index (χ4v) is 1.98. The van der Waals surface area contributed by atoms with Crippen molar-refractivity contribution in [2.75, 3.05) is 40.3 Å². The van der Waals surface area contributed by atoms with E-state index in [1.165, 1.54) is 0 Å². The van der Waals surface area contributed by atoms with Crippen LogP contribution in [0.15, 0.2) is 4.52 Å². The number of aromatic nitrogens is 2. The number of piperazine rings is 1. The van der Waals surface area contributed by atoms with Gasteiger partial charge >= 0.3 is 6.03 Å². The fourth-order valence-electron chi connectivity index (χ4n) is 1.98. The Bertz CT molecular complexity index is 409. The van der Waals surface area contributed by atoms with Crippen LogP contribution in [0.2, 0.25) is 0 Å². The lowest BCUT2D eigenvalue weighted by atomic mass is 10.3. The third-order valence-corrected chi connectivity index (χ3v) is 2.95. The molecule has 2 heterocycles. The quantitative estimate of drug-likeness (QED) is 0.752. The summed E-state index contributed by atoms with van der Waals surface area (Å²) >= 11 is 0. The molecule has 0 bridgehead atoms. The van der Waals surface area contributed by atoms with E-state index in [2.05, 4.69) is 15.0 Å². The Morgan fingerprint density at radius 3 is 2.50 bits per heavy atom. The Morgan fingerprint density at radius 1 is 1.33 bits per heavy atom. The van der Waals surface area contributed by atoms with Gasteiger partial charge in [0, 0.05) is 40.3 Å². The van der Waals surface area contributed by atoms with Crippen LogP contribution in [0.5, 0.6) is 0 Å². The number of rotatable bonds is 2. The molecule has 0 saturated carbocycles. The Labute approximate surface area is 106 Å². The van der Waals surface area contributed by atoms with E-state index >= 15 is 0 Å². The van der Waals surface area contributed by atoms with Crippen LogP contribution in [0, 0.1) is 6.92 Å². The van der Waals surface area contributed by atoms with Crippen molar-refractivity contribution in [3.63, 3.8) is 0 Å². The largest absolute Gasteiger partial charge is 0.338 e. The van der Waals surface area contributed by atoms with Crippen molar-refractivity contribution in [1.82, 2.24) is 24.8 Å². The summed E-state index contributed by atoms with van der Waals surface area (Å²) in [4.78, 5) is 21.6. The van der Waals surface area contributed by atoms with Gasteiger partial charge in [0.2, 0.25) is 5.89 Å². The molecule has 1 saturated heterocycles. The van der Waals surface area contributed by atoms with Gasteiger partial charge in [0.1, 0.15) is 0 Å². The zero-order chi connectivity index (χ0) is 13.1. The van der Waals surface area contributed by atoms with Crippen LogP contribution in [0.25, 0.3) is 0 Å². The lowest BCUT2D eigenvalue weighted by Crippen LogP contribution is -2.51. The first-order valence-electron chi connectivity index (χ1n) is 6.04. The maximum atomic E-state index is 11.8. The van der Waals surface area contributed by atoms with Crippen LogP contribution in [-0.4, -0.2) is 71.1 Å². The van der Waals surface area contributed by atoms with Gasteiger partial charge in [-0.1, -0.05) is 5.16 Å². The number of carbonyl (C=O) groups excluding carboxylic acids is 1. The maximum Gasteiger partial charge on any atom is 0.319 e. The van der Waals surface area contributed by atoms with Crippen LogP contribution >= 0.6 is 0 Å². The number of aryl methyl sites for hydroxylation is 1. The minimum atomic E-state index is 0.0725. The van der Waals surface area contributed by atoms with Gasteiger partial charge < -0.3 is 14.3 Å². The number of nitrogens with zero attached hydrogens (tertiary/aromatic N) is 5. The molecule has 0 aromatic carbocycles. The van der Waals surface area contributed by atoms with Crippen molar-refractivity contribution >= 4 is 6.03 Å². The summed E-state index contributed by atoms with van der Waals surface area (Å²) in [7, 11) is 3.55. The first-order valence-corrected chi connectivity index (χ1v) is 6.04. The van der Waals surface area contributed by atoms with Gasteiger partial charge in [-0.15, -0.1) is 0 Å². The molecule has 1 fully saturated rings. The van der Waals surface area contributed by atoms with Gasteiger partial charge in [0.25, 0.3) is 0 Å². The molecule has 1 aromatic rings. The topological polar surface area (TPSA) is 65.7 Å². The second-order valence-corrected chi connectivity index (χ2v) is 4.68. The van der Waals surface area contributed by atoms with Crippen LogP contribution in [-0.2, 0) is 6.54 Å². The molecule has 18 heavy (non-hydrogen) atoms. The highest BCUT2D eigenvalue weighted by atomic mass is 16.5. The Hall–Kier alpha value is -1.63. The van der Waals surface area contributed by atoms with Gasteiger partial charge in [0.15, 0.2) is 5.82 Å². The van der Waals surface area contributed by atoms with Crippen molar-refractivity contribution in [2.45, 2.75) is 13.5 Å². The van der Waals surface area contributed by atoms with Crippen molar-refractivity contribution in [1.29, 1.82) is 0 Å². The third-order valence-electron chi connectivity index (χ3n) is 2.95. The first-order chi connectivity index (χ1) is 8.56. The van der Waals surface area contributed by atoms with E-state index in [9.17, 15) is 4.79 Å². The number of hydrogen-bond acceptors (Lipinski definition) is 5. The first kappa shape index (κ1) is 12.8. The van der Waals surface area contributed by atoms with Gasteiger partial charge in [-0.3, -0.25) is 4.90 Å². The summed E-state index contributed by atoms with van der Waals surface area (Å²) in [5.74, 6) is 1.30. The molecule has 100 valence electrons. The molecule has 0 spiro atoms. The monoisotopic (exact) mass is 253 g/mol. The summed E-state index contributed by atoms with van der Waals surface area (Å²) < 4.78 is 5.09. The smallest absolute Gasteiger partial charge is 0.319 e. The second-order valence-electron chi connectivity index (χ2n) is 4.68. The molecular weight excluding hydrogens is 234 g/mol. The van der Waals surface area contributed by atoms with Crippen LogP contribution < -0.4 is 0 Å². The highest BCUT2D eigenvalue weighted by Crippen LogP contribution is 2.08. The zero-order valence-electron chi connectivity index (χ0n) is 11.1. The number of urea groups is 1. The van der Waals surface area contributed by atoms with Crippen molar-refractivity contribution in [3.05, 3.63) is 11.7 Å². The van der Waals surface area contributed by atoms with Crippen LogP contribution in [0.4, 0.5) is 4.79 Å². The Kier molecular flexibility index (Phi) is 3.81. The van der Waals surface area contributed by atoms with Crippen molar-refractivity contribution < 1.29 is 9.32 Å². The number of carbonyl (C=O) groups is 1. The van der Waals surface area contributed by atoms with E-state index in [0.29, 0.717) is 18.3 Å². The standard InChI is InChI=1S/C11H19N5O2/c1-9-12-10(18-13-9)8-15-4-6-16(7-5-15)11(17)14(2)3/h4-8H2,1-3H3. The summed E-state index contributed by atoms with van der Waals surface area (Å²) in [5.41, 5.74) is 0. The van der Waals surface area contributed by atoms with Crippen molar-refractivity contribution in [2.24, 2.45) is 0 Å². The number of hydrogen-bond donors (Lipinski definition) is 0. The lowest BCUT2D eigenvalue weighted by Gasteiger charge is -2.35. The molecule has 0 atom stereocenters. The van der Waals surface area contributed by atoms with Gasteiger partial charge in [0.05, 0.1) is 6.54 Å². The fraction of sp³-hybridized carbons (Fsp3) is 0.727. The van der Waals surface area contributed by atoms with Crippen LogP contribution in [0.3, 0.4) is 0 Å². The lowest BCUT2D eigenvalue weighted by molar-refractivity contribution is 0.113. The van der Waals surface area contributed by atoms with Crippen molar-refractivity contribution in [3.8, 4) is 0 Å². The minimum absolute atomic E-state index is 0.0725. The predicted octanol–water partition coefficient (Wildman–Crippen LogP) is 0.177. The van der Waals surface area contributed by atoms with E-state index in [4.69, 9.17) is 4.52 Å². The van der Waals surface area contributed by atoms with Gasteiger partial charge in [-0.2, -0.15) is 4.98 Å². The SMILES string of the molecule is Cc1noc(CN2CCN(C(=O)N(C)C)CC2)n1. The van der Waals surface area contributed by atoms with E-state index in [1.807, 2.05) is 4.90 Å². The Morgan fingerprint density at radius 2 is 2.00 bits per heavy atom. The van der Waals surface area contributed by atoms with E-state index in [-0.39, 0.29) is 6.03 Å². The number of amides is 2. The highest BCUT2D eigenvalue weighted by Gasteiger charge is 2.23. The van der Waals surface area contributed by atoms with E-state index < -0.39 is 0 Å². The molecule has 1 aliphatic rings. The highest BCUT2D eigenvalue weighted by molar-refractivity contribution is 5.73. The molecular formula is C11H19N5O2. The summed E-state index contributed by atoms with van der Waals surface area (Å²) in [6.07, 6.45) is 0.